The summed E-state index contributed by atoms with van der Waals surface area (Å²) in [6, 6.07) is 9.50. The van der Waals surface area contributed by atoms with Crippen LogP contribution in [0.15, 0.2) is 30.3 Å². The first kappa shape index (κ1) is 14.5. The molecular formula is C16H21N3O. The number of para-hydroxylation sites is 1. The van der Waals surface area contributed by atoms with Crippen LogP contribution in [-0.4, -0.2) is 23.0 Å². The largest absolute Gasteiger partial charge is 0.346 e. The van der Waals surface area contributed by atoms with Crippen LogP contribution in [0.4, 0.5) is 0 Å². The van der Waals surface area contributed by atoms with Crippen LogP contribution in [0.5, 0.6) is 0 Å². The van der Waals surface area contributed by atoms with E-state index >= 15 is 0 Å². The van der Waals surface area contributed by atoms with Gasteiger partial charge in [0, 0.05) is 23.2 Å². The predicted octanol–water partition coefficient (Wildman–Crippen LogP) is 2.40. The van der Waals surface area contributed by atoms with Gasteiger partial charge in [0.15, 0.2) is 0 Å². The van der Waals surface area contributed by atoms with Gasteiger partial charge in [-0.3, -0.25) is 9.78 Å². The molecule has 20 heavy (non-hydrogen) atoms. The van der Waals surface area contributed by atoms with Crippen LogP contribution in [0.25, 0.3) is 10.9 Å². The number of carbonyl (C=O) groups excluding carboxylic acids is 1. The number of nitrogens with zero attached hydrogens (tertiary/aromatic N) is 1. The van der Waals surface area contributed by atoms with E-state index in [0.29, 0.717) is 12.1 Å². The number of carbonyl (C=O) groups is 1. The Hall–Kier alpha value is -1.94. The second-order valence-corrected chi connectivity index (χ2v) is 5.40. The highest BCUT2D eigenvalue weighted by Crippen LogP contribution is 2.19. The van der Waals surface area contributed by atoms with Crippen LogP contribution in [0, 0.1) is 6.92 Å². The summed E-state index contributed by atoms with van der Waals surface area (Å²) in [5.41, 5.74) is 7.70. The summed E-state index contributed by atoms with van der Waals surface area (Å²) >= 11 is 0. The van der Waals surface area contributed by atoms with E-state index in [-0.39, 0.29) is 11.4 Å². The van der Waals surface area contributed by atoms with E-state index in [1.54, 1.807) is 0 Å². The second kappa shape index (κ2) is 5.59. The number of rotatable bonds is 4. The molecule has 0 aliphatic rings. The average Bonchev–Trinajstić information content (AvgIpc) is 2.46. The minimum absolute atomic E-state index is 0.0958. The molecule has 1 aromatic carbocycles. The molecule has 4 nitrogen and oxygen atoms in total. The molecule has 0 fully saturated rings. The van der Waals surface area contributed by atoms with Gasteiger partial charge >= 0.3 is 0 Å². The van der Waals surface area contributed by atoms with Crippen LogP contribution in [0.2, 0.25) is 0 Å². The Morgan fingerprint density at radius 2 is 2.10 bits per heavy atom. The molecule has 0 aliphatic heterocycles. The van der Waals surface area contributed by atoms with E-state index in [2.05, 4.69) is 10.3 Å². The molecule has 3 N–H and O–H groups in total. The summed E-state index contributed by atoms with van der Waals surface area (Å²) in [5, 5.41) is 3.90. The lowest BCUT2D eigenvalue weighted by molar-refractivity contribution is 0.0908. The molecule has 1 atom stereocenters. The molecule has 0 aliphatic carbocycles. The third-order valence-electron chi connectivity index (χ3n) is 3.74. The molecule has 4 heteroatoms. The Kier molecular flexibility index (Phi) is 4.04. The number of pyridine rings is 1. The molecule has 0 radical (unpaired) electrons. The number of benzene rings is 1. The number of fused-ring (bicyclic) bond motifs is 1. The van der Waals surface area contributed by atoms with Crippen molar-refractivity contribution in [2.45, 2.75) is 32.7 Å². The Labute approximate surface area is 119 Å². The second-order valence-electron chi connectivity index (χ2n) is 5.40. The van der Waals surface area contributed by atoms with E-state index in [4.69, 9.17) is 5.73 Å². The van der Waals surface area contributed by atoms with Crippen molar-refractivity contribution in [1.82, 2.24) is 10.3 Å². The summed E-state index contributed by atoms with van der Waals surface area (Å²) in [5.74, 6) is -0.0958. The van der Waals surface area contributed by atoms with Crippen molar-refractivity contribution < 1.29 is 4.79 Å². The Balaban J connectivity index is 2.44. The van der Waals surface area contributed by atoms with Gasteiger partial charge in [0.2, 0.25) is 0 Å². The molecule has 0 saturated heterocycles. The van der Waals surface area contributed by atoms with Crippen LogP contribution >= 0.6 is 0 Å². The first-order valence-electron chi connectivity index (χ1n) is 6.88. The maximum absolute atomic E-state index is 12.5. The molecule has 0 spiro atoms. The van der Waals surface area contributed by atoms with Crippen molar-refractivity contribution in [2.75, 3.05) is 6.54 Å². The lowest BCUT2D eigenvalue weighted by Gasteiger charge is -2.28. The number of hydrogen-bond acceptors (Lipinski definition) is 3. The molecule has 0 bridgehead atoms. The maximum atomic E-state index is 12.5. The van der Waals surface area contributed by atoms with Crippen molar-refractivity contribution in [1.29, 1.82) is 0 Å². The third kappa shape index (κ3) is 2.80. The van der Waals surface area contributed by atoms with Crippen molar-refractivity contribution in [3.05, 3.63) is 41.6 Å². The summed E-state index contributed by atoms with van der Waals surface area (Å²) in [6.45, 7) is 6.28. The van der Waals surface area contributed by atoms with E-state index in [1.807, 2.05) is 51.1 Å². The minimum Gasteiger partial charge on any atom is -0.346 e. The molecular weight excluding hydrogens is 250 g/mol. The number of nitrogens with two attached hydrogens (primary N) is 1. The summed E-state index contributed by atoms with van der Waals surface area (Å²) in [7, 11) is 0. The van der Waals surface area contributed by atoms with Gasteiger partial charge in [-0.25, -0.2) is 0 Å². The first-order chi connectivity index (χ1) is 9.49. The highest BCUT2D eigenvalue weighted by atomic mass is 16.1. The third-order valence-corrected chi connectivity index (χ3v) is 3.74. The van der Waals surface area contributed by atoms with Gasteiger partial charge in [0.1, 0.15) is 0 Å². The lowest BCUT2D eigenvalue weighted by Crippen LogP contribution is -2.50. The Bertz CT molecular complexity index is 633. The molecule has 1 unspecified atom stereocenters. The molecule has 2 aromatic rings. The van der Waals surface area contributed by atoms with Crippen molar-refractivity contribution in [2.24, 2.45) is 5.73 Å². The van der Waals surface area contributed by atoms with Gasteiger partial charge in [-0.05, 0) is 32.4 Å². The maximum Gasteiger partial charge on any atom is 0.252 e. The average molecular weight is 271 g/mol. The van der Waals surface area contributed by atoms with Gasteiger partial charge in [-0.1, -0.05) is 25.1 Å². The zero-order chi connectivity index (χ0) is 14.8. The first-order valence-corrected chi connectivity index (χ1v) is 6.88. The predicted molar refractivity (Wildman–Crippen MR) is 81.7 cm³/mol. The number of nitrogens with one attached hydrogen (secondary N) is 1. The molecule has 0 saturated carbocycles. The Morgan fingerprint density at radius 3 is 2.75 bits per heavy atom. The fourth-order valence-electron chi connectivity index (χ4n) is 2.12. The van der Waals surface area contributed by atoms with E-state index in [0.717, 1.165) is 23.0 Å². The topological polar surface area (TPSA) is 68.0 Å². The molecule has 2 rings (SSSR count). The van der Waals surface area contributed by atoms with Crippen molar-refractivity contribution >= 4 is 16.8 Å². The quantitative estimate of drug-likeness (QED) is 0.897. The molecule has 1 aromatic heterocycles. The molecule has 1 heterocycles. The summed E-state index contributed by atoms with van der Waals surface area (Å²) < 4.78 is 0. The van der Waals surface area contributed by atoms with E-state index in [1.165, 1.54) is 0 Å². The smallest absolute Gasteiger partial charge is 0.252 e. The fourth-order valence-corrected chi connectivity index (χ4v) is 2.12. The summed E-state index contributed by atoms with van der Waals surface area (Å²) in [6.07, 6.45) is 0.789. The van der Waals surface area contributed by atoms with E-state index < -0.39 is 0 Å². The van der Waals surface area contributed by atoms with Gasteiger partial charge in [-0.2, -0.15) is 0 Å². The number of amides is 1. The van der Waals surface area contributed by atoms with Crippen LogP contribution < -0.4 is 11.1 Å². The van der Waals surface area contributed by atoms with Crippen molar-refractivity contribution in [3.8, 4) is 0 Å². The monoisotopic (exact) mass is 271 g/mol. The zero-order valence-corrected chi connectivity index (χ0v) is 12.2. The van der Waals surface area contributed by atoms with Gasteiger partial charge in [0.05, 0.1) is 11.1 Å². The normalized spacial score (nSPS) is 14.0. The number of aromatic nitrogens is 1. The zero-order valence-electron chi connectivity index (χ0n) is 12.2. The van der Waals surface area contributed by atoms with Crippen LogP contribution in [0.3, 0.4) is 0 Å². The fraction of sp³-hybridized carbons (Fsp3) is 0.375. The van der Waals surface area contributed by atoms with Crippen LogP contribution in [-0.2, 0) is 0 Å². The Morgan fingerprint density at radius 1 is 1.40 bits per heavy atom. The number of hydrogen-bond donors (Lipinski definition) is 2. The van der Waals surface area contributed by atoms with E-state index in [9.17, 15) is 4.79 Å². The number of aryl methyl sites for hydroxylation is 1. The lowest BCUT2D eigenvalue weighted by atomic mass is 9.98. The van der Waals surface area contributed by atoms with Gasteiger partial charge in [0.25, 0.3) is 5.91 Å². The minimum atomic E-state index is -0.380. The molecule has 1 amide bonds. The van der Waals surface area contributed by atoms with Crippen LogP contribution in [0.1, 0.15) is 36.3 Å². The molecule has 106 valence electrons. The SMILES string of the molecule is CCC(C)(CN)NC(=O)c1cc(C)nc2ccccc12. The van der Waals surface area contributed by atoms with Crippen molar-refractivity contribution in [3.63, 3.8) is 0 Å². The standard InChI is InChI=1S/C16H21N3O/c1-4-16(3,10-17)19-15(20)13-9-11(2)18-14-8-6-5-7-12(13)14/h5-9H,4,10,17H2,1-3H3,(H,19,20). The van der Waals surface area contributed by atoms with Gasteiger partial charge < -0.3 is 11.1 Å². The summed E-state index contributed by atoms with van der Waals surface area (Å²) in [4.78, 5) is 17.0. The highest BCUT2D eigenvalue weighted by Gasteiger charge is 2.24. The highest BCUT2D eigenvalue weighted by molar-refractivity contribution is 6.06. The van der Waals surface area contributed by atoms with Gasteiger partial charge in [-0.15, -0.1) is 0 Å².